The predicted molar refractivity (Wildman–Crippen MR) is 112 cm³/mol. The van der Waals surface area contributed by atoms with Gasteiger partial charge in [0.05, 0.1) is 0 Å². The molecule has 0 aromatic carbocycles. The quantitative estimate of drug-likeness (QED) is 0.316. The Hall–Kier alpha value is -1.30. The van der Waals surface area contributed by atoms with Gasteiger partial charge in [-0.25, -0.2) is 0 Å². The molecule has 0 unspecified atom stereocenters. The number of allylic oxidation sites excluding steroid dienone is 9. The van der Waals surface area contributed by atoms with Crippen LogP contribution in [0.3, 0.4) is 0 Å². The topological polar surface area (TPSA) is 0 Å². The van der Waals surface area contributed by atoms with Gasteiger partial charge in [0.2, 0.25) is 0 Å². The fourth-order valence-electron chi connectivity index (χ4n) is 2.51. The monoisotopic (exact) mass is 328 g/mol. The number of rotatable bonds is 12. The van der Waals surface area contributed by atoms with Crippen LogP contribution in [0.15, 0.2) is 59.3 Å². The van der Waals surface area contributed by atoms with E-state index in [9.17, 15) is 0 Å². The van der Waals surface area contributed by atoms with Gasteiger partial charge in [-0.15, -0.1) is 6.58 Å². The molecule has 24 heavy (non-hydrogen) atoms. The van der Waals surface area contributed by atoms with Crippen molar-refractivity contribution < 1.29 is 0 Å². The van der Waals surface area contributed by atoms with Crippen LogP contribution in [0.25, 0.3) is 0 Å². The van der Waals surface area contributed by atoms with Crippen LogP contribution in [0.1, 0.15) is 86.5 Å². The van der Waals surface area contributed by atoms with Crippen LogP contribution in [-0.4, -0.2) is 0 Å². The second-order valence-electron chi connectivity index (χ2n) is 7.69. The minimum atomic E-state index is 0.739. The Morgan fingerprint density at radius 2 is 1.29 bits per heavy atom. The number of hydrogen-bond donors (Lipinski definition) is 0. The second kappa shape index (κ2) is 14.1. The molecule has 0 radical (unpaired) electrons. The molecule has 0 heteroatoms. The van der Waals surface area contributed by atoms with E-state index in [1.54, 1.807) is 5.57 Å². The zero-order chi connectivity index (χ0) is 18.4. The molecular formula is C24H40. The summed E-state index contributed by atoms with van der Waals surface area (Å²) in [5, 5.41) is 0. The van der Waals surface area contributed by atoms with Crippen molar-refractivity contribution in [2.24, 2.45) is 5.92 Å². The molecule has 0 aromatic heterocycles. The third-order valence-corrected chi connectivity index (χ3v) is 3.97. The van der Waals surface area contributed by atoms with Gasteiger partial charge in [-0.2, -0.15) is 0 Å². The van der Waals surface area contributed by atoms with E-state index < -0.39 is 0 Å². The molecule has 0 heterocycles. The minimum Gasteiger partial charge on any atom is -0.103 e. The molecule has 0 spiro atoms. The van der Waals surface area contributed by atoms with E-state index in [4.69, 9.17) is 0 Å². The van der Waals surface area contributed by atoms with Gasteiger partial charge in [0, 0.05) is 0 Å². The molecule has 0 aliphatic carbocycles. The first kappa shape index (κ1) is 22.7. The van der Waals surface area contributed by atoms with Crippen molar-refractivity contribution in [2.45, 2.75) is 86.5 Å². The summed E-state index contributed by atoms with van der Waals surface area (Å²) in [6.07, 6.45) is 19.6. The van der Waals surface area contributed by atoms with Crippen LogP contribution in [0.4, 0.5) is 0 Å². The van der Waals surface area contributed by atoms with E-state index in [-0.39, 0.29) is 0 Å². The molecule has 0 saturated carbocycles. The molecule has 0 fully saturated rings. The van der Waals surface area contributed by atoms with Gasteiger partial charge < -0.3 is 0 Å². The van der Waals surface area contributed by atoms with Gasteiger partial charge in [0.15, 0.2) is 0 Å². The van der Waals surface area contributed by atoms with Crippen LogP contribution in [0.5, 0.6) is 0 Å². The standard InChI is InChI=1S/C24H40/c1-8-11-23(13-9-12-20(2)3)14-10-15-24(18-16-21(4)5)19-17-22(6)7/h8,12,14,16,19,22H,1,9-11,13,15,17-18H2,2-7H3/b23-14+,24-19-. The lowest BCUT2D eigenvalue weighted by molar-refractivity contribution is 0.657. The second-order valence-corrected chi connectivity index (χ2v) is 7.69. The van der Waals surface area contributed by atoms with Crippen molar-refractivity contribution in [3.63, 3.8) is 0 Å². The summed E-state index contributed by atoms with van der Waals surface area (Å²) in [7, 11) is 0. The predicted octanol–water partition coefficient (Wildman–Crippen LogP) is 8.34. The molecule has 0 aliphatic rings. The van der Waals surface area contributed by atoms with Crippen LogP contribution < -0.4 is 0 Å². The van der Waals surface area contributed by atoms with Gasteiger partial charge in [-0.3, -0.25) is 0 Å². The molecule has 0 amide bonds. The third kappa shape index (κ3) is 14.3. The highest BCUT2D eigenvalue weighted by Gasteiger charge is 1.99. The smallest absolute Gasteiger partial charge is 0.0136 e. The average Bonchev–Trinajstić information content (AvgIpc) is 2.48. The highest BCUT2D eigenvalue weighted by atomic mass is 14.1. The fourth-order valence-corrected chi connectivity index (χ4v) is 2.51. The van der Waals surface area contributed by atoms with E-state index in [1.165, 1.54) is 29.6 Å². The van der Waals surface area contributed by atoms with Crippen molar-refractivity contribution in [3.8, 4) is 0 Å². The Bertz CT molecular complexity index is 458. The highest BCUT2D eigenvalue weighted by Crippen LogP contribution is 2.19. The summed E-state index contributed by atoms with van der Waals surface area (Å²) in [6.45, 7) is 17.2. The maximum atomic E-state index is 3.91. The van der Waals surface area contributed by atoms with Gasteiger partial charge in [0.25, 0.3) is 0 Å². The lowest BCUT2D eigenvalue weighted by Gasteiger charge is -2.08. The normalized spacial score (nSPS) is 12.3. The Balaban J connectivity index is 4.69. The number of hydrogen-bond acceptors (Lipinski definition) is 0. The lowest BCUT2D eigenvalue weighted by atomic mass is 9.98. The average molecular weight is 329 g/mol. The first-order valence-electron chi connectivity index (χ1n) is 9.58. The zero-order valence-corrected chi connectivity index (χ0v) is 17.1. The Morgan fingerprint density at radius 1 is 0.750 bits per heavy atom. The van der Waals surface area contributed by atoms with Crippen molar-refractivity contribution in [3.05, 3.63) is 59.3 Å². The first-order chi connectivity index (χ1) is 11.3. The SMILES string of the molecule is C=CC/C(=C\CC/C(=C/CC(C)C)CC=C(C)C)CCC=C(C)C. The van der Waals surface area contributed by atoms with Gasteiger partial charge in [-0.1, -0.05) is 66.5 Å². The highest BCUT2D eigenvalue weighted by molar-refractivity contribution is 5.13. The van der Waals surface area contributed by atoms with Crippen LogP contribution >= 0.6 is 0 Å². The lowest BCUT2D eigenvalue weighted by Crippen LogP contribution is -1.89. The van der Waals surface area contributed by atoms with Crippen LogP contribution in [0.2, 0.25) is 0 Å². The maximum absolute atomic E-state index is 3.91. The summed E-state index contributed by atoms with van der Waals surface area (Å²) in [5.41, 5.74) is 5.94. The van der Waals surface area contributed by atoms with Crippen molar-refractivity contribution in [1.29, 1.82) is 0 Å². The van der Waals surface area contributed by atoms with Gasteiger partial charge in [0.1, 0.15) is 0 Å². The van der Waals surface area contributed by atoms with Gasteiger partial charge >= 0.3 is 0 Å². The Kier molecular flexibility index (Phi) is 13.3. The van der Waals surface area contributed by atoms with Crippen molar-refractivity contribution in [1.82, 2.24) is 0 Å². The summed E-state index contributed by atoms with van der Waals surface area (Å²) in [6, 6.07) is 0. The molecule has 136 valence electrons. The van der Waals surface area contributed by atoms with Crippen molar-refractivity contribution in [2.75, 3.05) is 0 Å². The Labute approximate surface area is 152 Å². The van der Waals surface area contributed by atoms with E-state index in [1.807, 2.05) is 6.08 Å². The maximum Gasteiger partial charge on any atom is -0.0136 e. The van der Waals surface area contributed by atoms with E-state index in [0.29, 0.717) is 0 Å². The van der Waals surface area contributed by atoms with E-state index >= 15 is 0 Å². The molecule has 0 atom stereocenters. The first-order valence-corrected chi connectivity index (χ1v) is 9.58. The zero-order valence-electron chi connectivity index (χ0n) is 17.1. The van der Waals surface area contributed by atoms with E-state index in [2.05, 4.69) is 72.4 Å². The van der Waals surface area contributed by atoms with Gasteiger partial charge in [-0.05, 0) is 78.6 Å². The molecule has 0 N–H and O–H groups in total. The molecule has 0 rings (SSSR count). The molecular weight excluding hydrogens is 288 g/mol. The largest absolute Gasteiger partial charge is 0.103 e. The summed E-state index contributed by atoms with van der Waals surface area (Å²) >= 11 is 0. The van der Waals surface area contributed by atoms with Crippen molar-refractivity contribution >= 4 is 0 Å². The van der Waals surface area contributed by atoms with Crippen LogP contribution in [-0.2, 0) is 0 Å². The third-order valence-electron chi connectivity index (χ3n) is 3.97. The molecule has 0 aromatic rings. The molecule has 0 bridgehead atoms. The Morgan fingerprint density at radius 3 is 1.79 bits per heavy atom. The van der Waals surface area contributed by atoms with Crippen LogP contribution in [0, 0.1) is 5.92 Å². The summed E-state index contributed by atoms with van der Waals surface area (Å²) in [4.78, 5) is 0. The molecule has 0 aliphatic heterocycles. The minimum absolute atomic E-state index is 0.739. The van der Waals surface area contributed by atoms with E-state index in [0.717, 1.165) is 38.0 Å². The fraction of sp³-hybridized carbons (Fsp3) is 0.583. The molecule has 0 saturated heterocycles. The molecule has 0 nitrogen and oxygen atoms in total. The summed E-state index contributed by atoms with van der Waals surface area (Å²) in [5.74, 6) is 0.739. The summed E-state index contributed by atoms with van der Waals surface area (Å²) < 4.78 is 0.